The van der Waals surface area contributed by atoms with Crippen molar-refractivity contribution in [3.05, 3.63) is 56.5 Å². The van der Waals surface area contributed by atoms with Crippen molar-refractivity contribution in [3.63, 3.8) is 0 Å². The zero-order chi connectivity index (χ0) is 13.6. The number of nitrogens with one attached hydrogen (secondary N) is 1. The van der Waals surface area contributed by atoms with Crippen LogP contribution >= 0.6 is 39.7 Å². The molecule has 0 aliphatic rings. The van der Waals surface area contributed by atoms with E-state index in [0.717, 1.165) is 15.5 Å². The Morgan fingerprint density at radius 1 is 1.21 bits per heavy atom. The molecule has 96 valence electrons. The van der Waals surface area contributed by atoms with E-state index in [4.69, 9.17) is 23.8 Å². The molecule has 0 saturated carbocycles. The standard InChI is InChI=1S/C13H7BrClFN2S/c14-7-1-3-9(16)12(5-7)18-11-4-2-8(15)6-10(11)17-13(18)19/h1-6H,(H,17,19). The third kappa shape index (κ3) is 2.22. The predicted octanol–water partition coefficient (Wildman–Crippen LogP) is 5.24. The topological polar surface area (TPSA) is 20.7 Å². The van der Waals surface area contributed by atoms with Crippen molar-refractivity contribution in [2.24, 2.45) is 0 Å². The second-order valence-electron chi connectivity index (χ2n) is 4.02. The lowest BCUT2D eigenvalue weighted by Gasteiger charge is -2.06. The lowest BCUT2D eigenvalue weighted by molar-refractivity contribution is 0.618. The molecule has 0 aliphatic carbocycles. The van der Waals surface area contributed by atoms with Crippen LogP contribution in [0.2, 0.25) is 5.02 Å². The molecule has 0 radical (unpaired) electrons. The molecule has 0 fully saturated rings. The van der Waals surface area contributed by atoms with Gasteiger partial charge < -0.3 is 4.98 Å². The number of aromatic amines is 1. The molecule has 1 heterocycles. The number of aromatic nitrogens is 2. The van der Waals surface area contributed by atoms with E-state index in [2.05, 4.69) is 20.9 Å². The van der Waals surface area contributed by atoms with E-state index in [0.29, 0.717) is 15.5 Å². The molecule has 6 heteroatoms. The Morgan fingerprint density at radius 2 is 2.00 bits per heavy atom. The van der Waals surface area contributed by atoms with Crippen molar-refractivity contribution in [2.75, 3.05) is 0 Å². The highest BCUT2D eigenvalue weighted by Gasteiger charge is 2.11. The molecule has 3 aromatic rings. The highest BCUT2D eigenvalue weighted by Crippen LogP contribution is 2.26. The maximum atomic E-state index is 14.0. The van der Waals surface area contributed by atoms with E-state index < -0.39 is 0 Å². The summed E-state index contributed by atoms with van der Waals surface area (Å²) in [6.45, 7) is 0. The van der Waals surface area contributed by atoms with Crippen LogP contribution in [-0.2, 0) is 0 Å². The fraction of sp³-hybridized carbons (Fsp3) is 0. The zero-order valence-corrected chi connectivity index (χ0v) is 12.6. The van der Waals surface area contributed by atoms with Crippen LogP contribution in [0.4, 0.5) is 4.39 Å². The average molecular weight is 358 g/mol. The molecule has 0 aliphatic heterocycles. The Kier molecular flexibility index (Phi) is 3.20. The lowest BCUT2D eigenvalue weighted by Crippen LogP contribution is -1.97. The van der Waals surface area contributed by atoms with Gasteiger partial charge in [0.15, 0.2) is 4.77 Å². The number of hydrogen-bond acceptors (Lipinski definition) is 1. The van der Waals surface area contributed by atoms with E-state index >= 15 is 0 Å². The molecule has 0 bridgehead atoms. The molecule has 1 N–H and O–H groups in total. The normalized spacial score (nSPS) is 11.1. The smallest absolute Gasteiger partial charge is 0.182 e. The van der Waals surface area contributed by atoms with Gasteiger partial charge in [-0.25, -0.2) is 4.39 Å². The van der Waals surface area contributed by atoms with Gasteiger partial charge in [-0.1, -0.05) is 27.5 Å². The third-order valence-electron chi connectivity index (χ3n) is 2.79. The third-order valence-corrected chi connectivity index (χ3v) is 3.81. The number of rotatable bonds is 1. The molecule has 2 nitrogen and oxygen atoms in total. The molecule has 0 saturated heterocycles. The Balaban J connectivity index is 2.39. The van der Waals surface area contributed by atoms with Gasteiger partial charge in [0.1, 0.15) is 5.82 Å². The van der Waals surface area contributed by atoms with Crippen LogP contribution in [-0.4, -0.2) is 9.55 Å². The van der Waals surface area contributed by atoms with Crippen LogP contribution < -0.4 is 0 Å². The molecule has 0 atom stereocenters. The van der Waals surface area contributed by atoms with E-state index in [1.54, 1.807) is 28.8 Å². The summed E-state index contributed by atoms with van der Waals surface area (Å²) in [5.74, 6) is -0.338. The molecule has 2 aromatic carbocycles. The summed E-state index contributed by atoms with van der Waals surface area (Å²) >= 11 is 14.5. The average Bonchev–Trinajstić information content (AvgIpc) is 2.67. The van der Waals surface area contributed by atoms with Gasteiger partial charge in [0.25, 0.3) is 0 Å². The summed E-state index contributed by atoms with van der Waals surface area (Å²) in [6, 6.07) is 10.1. The zero-order valence-electron chi connectivity index (χ0n) is 9.45. The Bertz CT molecular complexity index is 840. The first-order valence-corrected chi connectivity index (χ1v) is 7.00. The highest BCUT2D eigenvalue weighted by atomic mass is 79.9. The molecule has 1 aromatic heterocycles. The second-order valence-corrected chi connectivity index (χ2v) is 5.76. The van der Waals surface area contributed by atoms with Crippen molar-refractivity contribution < 1.29 is 4.39 Å². The molecule has 0 unspecified atom stereocenters. The van der Waals surface area contributed by atoms with Gasteiger partial charge >= 0.3 is 0 Å². The van der Waals surface area contributed by atoms with Gasteiger partial charge in [-0.3, -0.25) is 4.57 Å². The molecular weight excluding hydrogens is 351 g/mol. The second kappa shape index (κ2) is 4.74. The van der Waals surface area contributed by atoms with Crippen LogP contribution in [0.25, 0.3) is 16.7 Å². The van der Waals surface area contributed by atoms with Gasteiger partial charge in [-0.2, -0.15) is 0 Å². The van der Waals surface area contributed by atoms with Crippen LogP contribution in [0.1, 0.15) is 0 Å². The molecule has 3 rings (SSSR count). The van der Waals surface area contributed by atoms with E-state index in [9.17, 15) is 4.39 Å². The molecule has 19 heavy (non-hydrogen) atoms. The molecular formula is C13H7BrClFN2S. The number of nitrogens with zero attached hydrogens (tertiary/aromatic N) is 1. The van der Waals surface area contributed by atoms with Crippen molar-refractivity contribution in [1.82, 2.24) is 9.55 Å². The summed E-state index contributed by atoms with van der Waals surface area (Å²) in [4.78, 5) is 3.02. The van der Waals surface area contributed by atoms with Gasteiger partial charge in [0.2, 0.25) is 0 Å². The van der Waals surface area contributed by atoms with Crippen molar-refractivity contribution in [1.29, 1.82) is 0 Å². The Hall–Kier alpha value is -1.17. The van der Waals surface area contributed by atoms with E-state index in [1.807, 2.05) is 6.07 Å². The van der Waals surface area contributed by atoms with Gasteiger partial charge in [-0.15, -0.1) is 0 Å². The summed E-state index contributed by atoms with van der Waals surface area (Å²) in [5.41, 5.74) is 1.95. The largest absolute Gasteiger partial charge is 0.330 e. The summed E-state index contributed by atoms with van der Waals surface area (Å²) < 4.78 is 16.9. The van der Waals surface area contributed by atoms with Crippen LogP contribution in [0, 0.1) is 10.6 Å². The number of H-pyrrole nitrogens is 1. The summed E-state index contributed by atoms with van der Waals surface area (Å²) in [6.07, 6.45) is 0. The minimum absolute atomic E-state index is 0.338. The van der Waals surface area contributed by atoms with Crippen molar-refractivity contribution >= 4 is 50.8 Å². The number of halogens is 3. The maximum absolute atomic E-state index is 14.0. The number of imidazole rings is 1. The predicted molar refractivity (Wildman–Crippen MR) is 81.1 cm³/mol. The quantitative estimate of drug-likeness (QED) is 0.590. The first-order valence-electron chi connectivity index (χ1n) is 5.42. The Labute approximate surface area is 127 Å². The van der Waals surface area contributed by atoms with Crippen LogP contribution in [0.15, 0.2) is 40.9 Å². The minimum atomic E-state index is -0.338. The number of fused-ring (bicyclic) bond motifs is 1. The van der Waals surface area contributed by atoms with Crippen LogP contribution in [0.5, 0.6) is 0 Å². The first kappa shape index (κ1) is 12.8. The SMILES string of the molecule is Fc1ccc(Br)cc1-n1c(=S)[nH]c2cc(Cl)ccc21. The monoisotopic (exact) mass is 356 g/mol. The maximum Gasteiger partial charge on any atom is 0.182 e. The minimum Gasteiger partial charge on any atom is -0.330 e. The summed E-state index contributed by atoms with van der Waals surface area (Å²) in [5, 5.41) is 0.602. The fourth-order valence-corrected chi connectivity index (χ4v) is 2.81. The van der Waals surface area contributed by atoms with Crippen molar-refractivity contribution in [3.8, 4) is 5.69 Å². The van der Waals surface area contributed by atoms with Crippen molar-refractivity contribution in [2.45, 2.75) is 0 Å². The van der Waals surface area contributed by atoms with Gasteiger partial charge in [0, 0.05) is 9.50 Å². The highest BCUT2D eigenvalue weighted by molar-refractivity contribution is 9.10. The number of hydrogen-bond donors (Lipinski definition) is 1. The van der Waals surface area contributed by atoms with Gasteiger partial charge in [-0.05, 0) is 48.6 Å². The lowest BCUT2D eigenvalue weighted by atomic mass is 10.2. The Morgan fingerprint density at radius 3 is 2.79 bits per heavy atom. The summed E-state index contributed by atoms with van der Waals surface area (Å²) in [7, 11) is 0. The van der Waals surface area contributed by atoms with Crippen LogP contribution in [0.3, 0.4) is 0 Å². The first-order chi connectivity index (χ1) is 9.06. The van der Waals surface area contributed by atoms with Gasteiger partial charge in [0.05, 0.1) is 16.7 Å². The molecule has 0 amide bonds. The number of benzene rings is 2. The fourth-order valence-electron chi connectivity index (χ4n) is 1.98. The molecule has 0 spiro atoms. The van der Waals surface area contributed by atoms with E-state index in [-0.39, 0.29) is 5.82 Å². The van der Waals surface area contributed by atoms with E-state index in [1.165, 1.54) is 6.07 Å².